The summed E-state index contributed by atoms with van der Waals surface area (Å²) in [6, 6.07) is 11.0. The van der Waals surface area contributed by atoms with E-state index in [0.29, 0.717) is 12.5 Å². The Morgan fingerprint density at radius 1 is 0.523 bits per heavy atom. The number of ether oxygens (including phenoxy) is 2. The molecule has 0 aromatic heterocycles. The zero-order chi connectivity index (χ0) is 45.9. The van der Waals surface area contributed by atoms with Crippen molar-refractivity contribution in [3.63, 3.8) is 0 Å². The van der Waals surface area contributed by atoms with Gasteiger partial charge in [-0.2, -0.15) is 0 Å². The summed E-state index contributed by atoms with van der Waals surface area (Å²) in [5.41, 5.74) is 1.68. The molecule has 1 aromatic carbocycles. The van der Waals surface area contributed by atoms with E-state index in [-0.39, 0.29) is 24.7 Å². The van der Waals surface area contributed by atoms with Gasteiger partial charge in [0.05, 0.1) is 12.5 Å². The van der Waals surface area contributed by atoms with Gasteiger partial charge in [-0.15, -0.1) is 0 Å². The van der Waals surface area contributed by atoms with Crippen molar-refractivity contribution in [1.29, 1.82) is 0 Å². The number of carbonyl (C=O) groups is 1. The van der Waals surface area contributed by atoms with Crippen LogP contribution < -0.4 is 0 Å². The molecule has 0 aliphatic carbocycles. The molecule has 1 aliphatic heterocycles. The summed E-state index contributed by atoms with van der Waals surface area (Å²) in [7, 11) is 0. The quantitative estimate of drug-likeness (QED) is 0.0482. The molecule has 0 unspecified atom stereocenters. The molecule has 382 valence electrons. The minimum atomic E-state index is 0. The molecule has 0 atom stereocenters. The van der Waals surface area contributed by atoms with Crippen molar-refractivity contribution >= 4 is 5.97 Å². The standard InChI is InChI=1S/C60H111NO3.CH4/c1-5-9-13-17-21-25-31-42-57(43-32-26-22-18-14-10-6-2)55-63-53-48-60(46-51-61(52-47-60)50-38-30-35-41-56-39-33-29-34-40-56)49-54-64-59(62)58(44-36-27-23-19-15-11-7-3)45-37-28-24-20-16-12-8-4;/h29,33-34,39-40,57-58H,5-28,30-32,35-38,41-55H2,1-4H3;1H4. The largest absolute Gasteiger partial charge is 0.465 e. The summed E-state index contributed by atoms with van der Waals surface area (Å²) in [6.07, 6.45) is 51.9. The Morgan fingerprint density at radius 3 is 1.42 bits per heavy atom. The van der Waals surface area contributed by atoms with Crippen LogP contribution in [0.1, 0.15) is 291 Å². The second-order valence-corrected chi connectivity index (χ2v) is 21.1. The lowest BCUT2D eigenvalue weighted by atomic mass is 9.73. The third-order valence-electron chi connectivity index (χ3n) is 15.3. The van der Waals surface area contributed by atoms with Gasteiger partial charge in [0.2, 0.25) is 0 Å². The summed E-state index contributed by atoms with van der Waals surface area (Å²) >= 11 is 0. The van der Waals surface area contributed by atoms with Crippen molar-refractivity contribution in [3.05, 3.63) is 35.9 Å². The monoisotopic (exact) mass is 910 g/mol. The average molecular weight is 911 g/mol. The number of likely N-dealkylation sites (tertiary alicyclic amines) is 1. The average Bonchev–Trinajstić information content (AvgIpc) is 3.31. The third-order valence-corrected chi connectivity index (χ3v) is 15.3. The molecule has 4 nitrogen and oxygen atoms in total. The number of benzene rings is 1. The predicted molar refractivity (Wildman–Crippen MR) is 287 cm³/mol. The Labute approximate surface area is 408 Å². The molecular formula is C61H115NO3. The predicted octanol–water partition coefficient (Wildman–Crippen LogP) is 19.3. The highest BCUT2D eigenvalue weighted by Crippen LogP contribution is 2.39. The molecular weight excluding hydrogens is 795 g/mol. The van der Waals surface area contributed by atoms with Crippen molar-refractivity contribution in [2.24, 2.45) is 17.3 Å². The molecule has 0 spiro atoms. The molecule has 65 heavy (non-hydrogen) atoms. The van der Waals surface area contributed by atoms with Gasteiger partial charge in [0.15, 0.2) is 0 Å². The van der Waals surface area contributed by atoms with Gasteiger partial charge in [-0.1, -0.05) is 252 Å². The highest BCUT2D eigenvalue weighted by molar-refractivity contribution is 5.72. The molecule has 1 saturated heterocycles. The Morgan fingerprint density at radius 2 is 0.938 bits per heavy atom. The number of nitrogens with zero attached hydrogens (tertiary/aromatic N) is 1. The topological polar surface area (TPSA) is 38.8 Å². The zero-order valence-electron chi connectivity index (χ0n) is 43.7. The van der Waals surface area contributed by atoms with Crippen LogP contribution in [0.2, 0.25) is 0 Å². The summed E-state index contributed by atoms with van der Waals surface area (Å²) < 4.78 is 13.0. The summed E-state index contributed by atoms with van der Waals surface area (Å²) in [6.45, 7) is 15.2. The smallest absolute Gasteiger partial charge is 0.308 e. The highest BCUT2D eigenvalue weighted by atomic mass is 16.5. The van der Waals surface area contributed by atoms with Gasteiger partial charge < -0.3 is 14.4 Å². The fourth-order valence-corrected chi connectivity index (χ4v) is 10.6. The van der Waals surface area contributed by atoms with E-state index in [1.54, 1.807) is 0 Å². The second-order valence-electron chi connectivity index (χ2n) is 21.1. The molecule has 4 heteroatoms. The Kier molecular flexibility index (Phi) is 42.7. The van der Waals surface area contributed by atoms with Gasteiger partial charge in [-0.3, -0.25) is 4.79 Å². The number of hydrogen-bond acceptors (Lipinski definition) is 4. The summed E-state index contributed by atoms with van der Waals surface area (Å²) in [4.78, 5) is 16.6. The van der Waals surface area contributed by atoms with E-state index in [1.807, 2.05) is 0 Å². The number of rotatable bonds is 47. The first-order valence-corrected chi connectivity index (χ1v) is 29.1. The van der Waals surface area contributed by atoms with Crippen LogP contribution in [0.15, 0.2) is 30.3 Å². The number of hydrogen-bond donors (Lipinski definition) is 0. The van der Waals surface area contributed by atoms with Crippen LogP contribution in [0, 0.1) is 17.3 Å². The lowest BCUT2D eigenvalue weighted by molar-refractivity contribution is -0.150. The molecule has 0 amide bonds. The van der Waals surface area contributed by atoms with Crippen molar-refractivity contribution in [2.75, 3.05) is 39.5 Å². The fraction of sp³-hybridized carbons (Fsp3) is 0.885. The van der Waals surface area contributed by atoms with Gasteiger partial charge >= 0.3 is 5.97 Å². The minimum Gasteiger partial charge on any atom is -0.465 e. The molecule has 1 aliphatic rings. The first-order valence-electron chi connectivity index (χ1n) is 29.1. The Balaban J connectivity index is 0.0000211. The molecule has 1 heterocycles. The van der Waals surface area contributed by atoms with E-state index in [9.17, 15) is 4.79 Å². The van der Waals surface area contributed by atoms with E-state index in [0.717, 1.165) is 38.9 Å². The number of aryl methyl sites for hydroxylation is 1. The SMILES string of the molecule is C.CCCCCCCCCC(CCCCCCCCC)COCCC1(CCOC(=O)C(CCCCCCCCC)CCCCCCCCC)CCN(CCCCCc2ccccc2)CC1. The molecule has 1 fully saturated rings. The number of unbranched alkanes of at least 4 members (excludes halogenated alkanes) is 26. The summed E-state index contributed by atoms with van der Waals surface area (Å²) in [5, 5.41) is 0. The van der Waals surface area contributed by atoms with E-state index in [4.69, 9.17) is 9.47 Å². The van der Waals surface area contributed by atoms with Gasteiger partial charge in [-0.05, 0) is 107 Å². The van der Waals surface area contributed by atoms with Gasteiger partial charge in [0, 0.05) is 13.2 Å². The van der Waals surface area contributed by atoms with E-state index < -0.39 is 0 Å². The highest BCUT2D eigenvalue weighted by Gasteiger charge is 2.35. The molecule has 0 saturated carbocycles. The number of carbonyl (C=O) groups excluding carboxylic acids is 1. The molecule has 2 rings (SSSR count). The molecule has 0 bridgehead atoms. The Hall–Kier alpha value is -1.39. The normalized spacial score (nSPS) is 14.1. The van der Waals surface area contributed by atoms with E-state index in [2.05, 4.69) is 62.9 Å². The van der Waals surface area contributed by atoms with Crippen LogP contribution in [0.3, 0.4) is 0 Å². The van der Waals surface area contributed by atoms with E-state index in [1.165, 1.54) is 256 Å². The van der Waals surface area contributed by atoms with Crippen LogP contribution in [0.4, 0.5) is 0 Å². The minimum absolute atomic E-state index is 0. The third kappa shape index (κ3) is 34.5. The van der Waals surface area contributed by atoms with Crippen LogP contribution in [-0.4, -0.2) is 50.3 Å². The van der Waals surface area contributed by atoms with Crippen molar-refractivity contribution in [1.82, 2.24) is 4.90 Å². The van der Waals surface area contributed by atoms with Gasteiger partial charge in [-0.25, -0.2) is 0 Å². The first-order chi connectivity index (χ1) is 31.6. The van der Waals surface area contributed by atoms with Crippen LogP contribution in [0.5, 0.6) is 0 Å². The molecule has 1 aromatic rings. The maximum atomic E-state index is 13.8. The lowest BCUT2D eigenvalue weighted by Gasteiger charge is -2.42. The maximum Gasteiger partial charge on any atom is 0.308 e. The number of esters is 1. The zero-order valence-corrected chi connectivity index (χ0v) is 43.7. The summed E-state index contributed by atoms with van der Waals surface area (Å²) in [5.74, 6) is 0.894. The Bertz CT molecular complexity index is 1080. The van der Waals surface area contributed by atoms with Crippen molar-refractivity contribution in [2.45, 2.75) is 292 Å². The fourth-order valence-electron chi connectivity index (χ4n) is 10.6. The maximum absolute atomic E-state index is 13.8. The van der Waals surface area contributed by atoms with Crippen molar-refractivity contribution < 1.29 is 14.3 Å². The van der Waals surface area contributed by atoms with Crippen LogP contribution in [-0.2, 0) is 20.7 Å². The second kappa shape index (κ2) is 45.1. The van der Waals surface area contributed by atoms with Gasteiger partial charge in [0.25, 0.3) is 0 Å². The number of piperidine rings is 1. The lowest BCUT2D eigenvalue weighted by Crippen LogP contribution is -2.42. The van der Waals surface area contributed by atoms with Gasteiger partial charge in [0.1, 0.15) is 0 Å². The first kappa shape index (κ1) is 61.6. The molecule has 0 radical (unpaired) electrons. The van der Waals surface area contributed by atoms with Crippen molar-refractivity contribution in [3.8, 4) is 0 Å². The van der Waals surface area contributed by atoms with E-state index >= 15 is 0 Å². The van der Waals surface area contributed by atoms with Crippen LogP contribution in [0.25, 0.3) is 0 Å². The molecule has 0 N–H and O–H groups in total. The van der Waals surface area contributed by atoms with Crippen LogP contribution >= 0.6 is 0 Å².